The molecule has 0 unspecified atom stereocenters. The molecule has 2 saturated carbocycles. The number of carbonyl (C=O) groups is 6. The van der Waals surface area contributed by atoms with E-state index in [1.165, 1.54) is 75.3 Å². The molecule has 0 bridgehead atoms. The Kier molecular flexibility index (Phi) is 19.2. The minimum atomic E-state index is -0.687. The minimum Gasteiger partial charge on any atom is -0.483 e. The highest BCUT2D eigenvalue weighted by Crippen LogP contribution is 2.42. The molecule has 7 atom stereocenters. The van der Waals surface area contributed by atoms with Crippen molar-refractivity contribution in [2.24, 2.45) is 11.8 Å². The first-order valence-electron chi connectivity index (χ1n) is 24.6. The van der Waals surface area contributed by atoms with Gasteiger partial charge in [0, 0.05) is 74.3 Å². The van der Waals surface area contributed by atoms with Crippen LogP contribution in [-0.4, -0.2) is 120 Å². The molecule has 66 heavy (non-hydrogen) atoms. The first kappa shape index (κ1) is 49.9. The molecule has 4 fully saturated rings. The quantitative estimate of drug-likeness (QED) is 0.0618. The van der Waals surface area contributed by atoms with Crippen molar-refractivity contribution in [3.8, 4) is 0 Å². The van der Waals surface area contributed by atoms with E-state index in [1.807, 2.05) is 48.3 Å². The Bertz CT molecular complexity index is 1960. The van der Waals surface area contributed by atoms with E-state index in [1.54, 1.807) is 34.1 Å². The molecular formula is C53H72N6O7. The van der Waals surface area contributed by atoms with Gasteiger partial charge >= 0.3 is 0 Å². The molecule has 7 rings (SSSR count). The maximum atomic E-state index is 14.0. The summed E-state index contributed by atoms with van der Waals surface area (Å²) in [5, 5.41) is 16.4. The summed E-state index contributed by atoms with van der Waals surface area (Å²) in [5.74, 6) is -1.81. The van der Waals surface area contributed by atoms with Gasteiger partial charge in [0.1, 0.15) is 6.04 Å². The molecule has 2 aliphatic heterocycles. The van der Waals surface area contributed by atoms with Crippen molar-refractivity contribution in [2.75, 3.05) is 46.3 Å². The zero-order chi connectivity index (χ0) is 46.8. The van der Waals surface area contributed by atoms with Gasteiger partial charge in [-0.1, -0.05) is 138 Å². The van der Waals surface area contributed by atoms with Crippen molar-refractivity contribution >= 4 is 36.0 Å². The number of likely N-dealkylation sites (N-methyl/N-ethyl adjacent to an activating group) is 1. The third-order valence-electron chi connectivity index (χ3n) is 13.9. The number of rotatable bonds is 22. The summed E-state index contributed by atoms with van der Waals surface area (Å²) in [5.41, 5.74) is 3.19. The number of nitrogens with zero attached hydrogens (tertiary/aromatic N) is 3. The van der Waals surface area contributed by atoms with Gasteiger partial charge in [0.2, 0.25) is 17.7 Å². The average Bonchev–Trinajstić information content (AvgIpc) is 4.25. The van der Waals surface area contributed by atoms with Crippen LogP contribution in [0.1, 0.15) is 140 Å². The smallest absolute Gasteiger partial charge is 0.290 e. The van der Waals surface area contributed by atoms with Gasteiger partial charge in [-0.25, -0.2) is 0 Å². The zero-order valence-corrected chi connectivity index (χ0v) is 39.1. The van der Waals surface area contributed by atoms with Gasteiger partial charge in [0.15, 0.2) is 0 Å². The summed E-state index contributed by atoms with van der Waals surface area (Å²) in [6.45, 7) is 4.28. The Hall–Kier alpha value is -5.56. The van der Waals surface area contributed by atoms with Crippen molar-refractivity contribution in [3.63, 3.8) is 0 Å². The van der Waals surface area contributed by atoms with Crippen LogP contribution >= 0.6 is 0 Å². The van der Waals surface area contributed by atoms with E-state index in [0.717, 1.165) is 25.7 Å². The Morgan fingerprint density at radius 3 is 1.45 bits per heavy atom. The molecule has 5 amide bonds. The van der Waals surface area contributed by atoms with Crippen molar-refractivity contribution in [2.45, 2.75) is 127 Å². The Morgan fingerprint density at radius 2 is 1.00 bits per heavy atom. The molecule has 0 radical (unpaired) electrons. The summed E-state index contributed by atoms with van der Waals surface area (Å²) in [6.07, 6.45) is 16.9. The predicted octanol–water partition coefficient (Wildman–Crippen LogP) is 6.99. The molecule has 13 heteroatoms. The third-order valence-corrected chi connectivity index (χ3v) is 13.9. The second-order valence-corrected chi connectivity index (χ2v) is 18.8. The lowest BCUT2D eigenvalue weighted by molar-refractivity contribution is -0.133. The number of benzene rings is 3. The highest BCUT2D eigenvalue weighted by atomic mass is 16.3. The van der Waals surface area contributed by atoms with Crippen LogP contribution in [-0.2, 0) is 19.2 Å². The summed E-state index contributed by atoms with van der Waals surface area (Å²) in [4.78, 5) is 82.5. The third kappa shape index (κ3) is 14.2. The highest BCUT2D eigenvalue weighted by Gasteiger charge is 2.49. The Labute approximate surface area is 391 Å². The van der Waals surface area contributed by atoms with Gasteiger partial charge in [0.25, 0.3) is 18.3 Å². The standard InChI is InChI=1S/C52H70N6O5.CH2O2/c1-3-4-5-6-7-8-9-10-11-12-13-20-29-53-50(61)47-36-57(31-30-56(47)2)51(62)39-25-27-40(28-26-39)52(63)58-34-43(48(59)54-45-32-41(45)37-21-16-14-17-22-37)44(35-58)49(60)55-46-33-42(46)38-23-18-15-19-24-38;2-1-3/h14-19,21-28,41-47H,3-13,20,29-36H2,1-2H3,(H,53,61)(H,54,59)(H,55,60);1H,(H,2,3)/t41-,42-,43-,44-,45+,46+,47-;/m1./s1. The summed E-state index contributed by atoms with van der Waals surface area (Å²) >= 11 is 0. The van der Waals surface area contributed by atoms with Crippen LogP contribution in [0.25, 0.3) is 0 Å². The molecule has 2 aliphatic carbocycles. The van der Waals surface area contributed by atoms with E-state index in [2.05, 4.69) is 47.1 Å². The van der Waals surface area contributed by atoms with Gasteiger partial charge in [-0.05, 0) is 61.7 Å². The normalized spacial score (nSPS) is 23.2. The van der Waals surface area contributed by atoms with Crippen LogP contribution in [0.15, 0.2) is 84.9 Å². The van der Waals surface area contributed by atoms with Gasteiger partial charge in [-0.15, -0.1) is 0 Å². The van der Waals surface area contributed by atoms with Crippen LogP contribution in [0.4, 0.5) is 0 Å². The van der Waals surface area contributed by atoms with E-state index in [-0.39, 0.29) is 73.0 Å². The lowest BCUT2D eigenvalue weighted by Crippen LogP contribution is -2.58. The maximum Gasteiger partial charge on any atom is 0.290 e. The number of hydrogen-bond acceptors (Lipinski definition) is 7. The van der Waals surface area contributed by atoms with Gasteiger partial charge in [0.05, 0.1) is 11.8 Å². The number of nitrogens with one attached hydrogen (secondary N) is 3. The second kappa shape index (κ2) is 25.4. The van der Waals surface area contributed by atoms with E-state index >= 15 is 0 Å². The molecular weight excluding hydrogens is 833 g/mol. The Balaban J connectivity index is 0.00000234. The highest BCUT2D eigenvalue weighted by molar-refractivity contribution is 5.99. The average molecular weight is 905 g/mol. The van der Waals surface area contributed by atoms with Crippen LogP contribution in [0.3, 0.4) is 0 Å². The number of piperazine rings is 1. The maximum absolute atomic E-state index is 14.0. The number of likely N-dealkylation sites (tertiary alicyclic amines) is 1. The van der Waals surface area contributed by atoms with E-state index < -0.39 is 17.9 Å². The van der Waals surface area contributed by atoms with Gasteiger partial charge in [-0.3, -0.25) is 33.7 Å². The molecule has 0 aromatic heterocycles. The molecule has 0 spiro atoms. The molecule has 356 valence electrons. The minimum absolute atomic E-state index is 0.00151. The van der Waals surface area contributed by atoms with Gasteiger partial charge < -0.3 is 30.9 Å². The van der Waals surface area contributed by atoms with Crippen molar-refractivity contribution in [3.05, 3.63) is 107 Å². The van der Waals surface area contributed by atoms with E-state index in [4.69, 9.17) is 9.90 Å². The van der Waals surface area contributed by atoms with Crippen LogP contribution in [0, 0.1) is 11.8 Å². The lowest BCUT2D eigenvalue weighted by Gasteiger charge is -2.38. The largest absolute Gasteiger partial charge is 0.483 e. The first-order chi connectivity index (χ1) is 32.1. The molecule has 3 aromatic rings. The SMILES string of the molecule is CCCCCCCCCCCCCCNC(=O)[C@H]1CN(C(=O)c2ccc(C(=O)N3C[C@@H](C(=O)N[C@H]4C[C@@H]4c4ccccc4)[C@H](C(=O)N[C@H]4C[C@@H]4c4ccccc4)C3)cc2)CCN1C.O=CO. The molecule has 4 aliphatic rings. The molecule has 4 N–H and O–H groups in total. The van der Waals surface area contributed by atoms with Gasteiger partial charge in [-0.2, -0.15) is 0 Å². The van der Waals surface area contributed by atoms with Crippen LogP contribution in [0.5, 0.6) is 0 Å². The van der Waals surface area contributed by atoms with E-state index in [9.17, 15) is 24.0 Å². The van der Waals surface area contributed by atoms with Crippen LogP contribution < -0.4 is 16.0 Å². The number of unbranched alkanes of at least 4 members (excludes halogenated alkanes) is 11. The van der Waals surface area contributed by atoms with Crippen molar-refractivity contribution in [1.29, 1.82) is 0 Å². The van der Waals surface area contributed by atoms with Crippen molar-refractivity contribution in [1.82, 2.24) is 30.7 Å². The number of amides is 5. The number of carboxylic acid groups (broad SMARTS) is 1. The summed E-state index contributed by atoms with van der Waals surface area (Å²) in [7, 11) is 1.93. The fraction of sp³-hybridized carbons (Fsp3) is 0.547. The van der Waals surface area contributed by atoms with E-state index in [0.29, 0.717) is 37.3 Å². The van der Waals surface area contributed by atoms with Crippen molar-refractivity contribution < 1.29 is 33.9 Å². The fourth-order valence-electron chi connectivity index (χ4n) is 9.68. The molecule has 2 saturated heterocycles. The summed E-state index contributed by atoms with van der Waals surface area (Å²) in [6, 6.07) is 26.4. The number of carbonyl (C=O) groups excluding carboxylic acids is 5. The Morgan fingerprint density at radius 1 is 0.576 bits per heavy atom. The van der Waals surface area contributed by atoms with Crippen LogP contribution in [0.2, 0.25) is 0 Å². The topological polar surface area (TPSA) is 168 Å². The first-order valence-corrected chi connectivity index (χ1v) is 24.6. The second-order valence-electron chi connectivity index (χ2n) is 18.8. The molecule has 13 nitrogen and oxygen atoms in total. The molecule has 2 heterocycles. The predicted molar refractivity (Wildman–Crippen MR) is 256 cm³/mol. The fourth-order valence-corrected chi connectivity index (χ4v) is 9.68. The summed E-state index contributed by atoms with van der Waals surface area (Å²) < 4.78 is 0. The zero-order valence-electron chi connectivity index (χ0n) is 39.1. The monoisotopic (exact) mass is 905 g/mol. The number of hydrogen-bond donors (Lipinski definition) is 4. The molecule has 3 aromatic carbocycles. The lowest BCUT2D eigenvalue weighted by atomic mass is 9.94.